The maximum Gasteiger partial charge on any atom is 0.306 e. The molecule has 1 aromatic heterocycles. The van der Waals surface area contributed by atoms with Gasteiger partial charge in [-0.2, -0.15) is 15.4 Å². The predicted octanol–water partition coefficient (Wildman–Crippen LogP) is 0.140. The Balaban J connectivity index is 1.64. The average Bonchev–Trinajstić information content (AvgIpc) is 3.11. The van der Waals surface area contributed by atoms with Gasteiger partial charge >= 0.3 is 5.97 Å². The number of esters is 1. The van der Waals surface area contributed by atoms with Crippen molar-refractivity contribution in [2.75, 3.05) is 26.2 Å². The predicted molar refractivity (Wildman–Crippen MR) is 88.3 cm³/mol. The summed E-state index contributed by atoms with van der Waals surface area (Å²) in [5.41, 5.74) is 0.863. The molecule has 25 heavy (non-hydrogen) atoms. The fourth-order valence-electron chi connectivity index (χ4n) is 2.73. The van der Waals surface area contributed by atoms with E-state index in [9.17, 15) is 14.4 Å². The summed E-state index contributed by atoms with van der Waals surface area (Å²) in [5, 5.41) is 10.2. The van der Waals surface area contributed by atoms with Crippen molar-refractivity contribution in [2.24, 2.45) is 0 Å². The number of hydrogen-bond donors (Lipinski definition) is 1. The van der Waals surface area contributed by atoms with E-state index < -0.39 is 6.10 Å². The van der Waals surface area contributed by atoms with Gasteiger partial charge in [-0.25, -0.2) is 0 Å². The van der Waals surface area contributed by atoms with Gasteiger partial charge < -0.3 is 14.5 Å². The second-order valence-electron chi connectivity index (χ2n) is 6.13. The molecule has 0 saturated carbocycles. The van der Waals surface area contributed by atoms with Crippen LogP contribution in [-0.2, 0) is 25.5 Å². The van der Waals surface area contributed by atoms with Gasteiger partial charge in [0.2, 0.25) is 5.91 Å². The molecular formula is C16H25N5O4. The Morgan fingerprint density at radius 1 is 1.20 bits per heavy atom. The minimum absolute atomic E-state index is 0.0113. The zero-order valence-corrected chi connectivity index (χ0v) is 14.7. The van der Waals surface area contributed by atoms with Crippen LogP contribution in [0, 0.1) is 0 Å². The molecule has 0 spiro atoms. The van der Waals surface area contributed by atoms with Crippen LogP contribution in [0.5, 0.6) is 0 Å². The number of piperazine rings is 1. The van der Waals surface area contributed by atoms with Crippen molar-refractivity contribution in [3.05, 3.63) is 11.9 Å². The van der Waals surface area contributed by atoms with Crippen molar-refractivity contribution in [1.29, 1.82) is 0 Å². The molecule has 9 heteroatoms. The van der Waals surface area contributed by atoms with E-state index in [1.54, 1.807) is 22.9 Å². The molecule has 0 aromatic carbocycles. The zero-order valence-electron chi connectivity index (χ0n) is 14.7. The lowest BCUT2D eigenvalue weighted by molar-refractivity contribution is -0.160. The van der Waals surface area contributed by atoms with Crippen molar-refractivity contribution in [3.8, 4) is 0 Å². The Kier molecular flexibility index (Phi) is 6.91. The summed E-state index contributed by atoms with van der Waals surface area (Å²) in [6, 6.07) is 0. The lowest BCUT2D eigenvalue weighted by atomic mass is 10.1. The van der Waals surface area contributed by atoms with E-state index in [0.29, 0.717) is 32.6 Å². The summed E-state index contributed by atoms with van der Waals surface area (Å²) in [4.78, 5) is 38.8. The second-order valence-corrected chi connectivity index (χ2v) is 6.13. The van der Waals surface area contributed by atoms with Crippen molar-refractivity contribution in [3.63, 3.8) is 0 Å². The van der Waals surface area contributed by atoms with E-state index in [2.05, 4.69) is 15.4 Å². The maximum absolute atomic E-state index is 12.3. The van der Waals surface area contributed by atoms with Crippen LogP contribution in [0.2, 0.25) is 0 Å². The smallest absolute Gasteiger partial charge is 0.306 e. The van der Waals surface area contributed by atoms with Gasteiger partial charge in [-0.05, 0) is 26.2 Å². The normalized spacial score (nSPS) is 15.8. The number of unbranched alkanes of at least 4 members (excludes halogenated alkanes) is 1. The number of ether oxygens (including phenoxy) is 1. The van der Waals surface area contributed by atoms with E-state index in [-0.39, 0.29) is 24.2 Å². The first-order chi connectivity index (χ1) is 12.0. The monoisotopic (exact) mass is 351 g/mol. The fourth-order valence-corrected chi connectivity index (χ4v) is 2.73. The molecule has 1 aliphatic heterocycles. The number of aryl methyl sites for hydroxylation is 1. The van der Waals surface area contributed by atoms with Gasteiger partial charge in [0.25, 0.3) is 5.91 Å². The highest BCUT2D eigenvalue weighted by Crippen LogP contribution is 2.09. The maximum atomic E-state index is 12.3. The van der Waals surface area contributed by atoms with Crippen LogP contribution in [0.3, 0.4) is 0 Å². The standard InChI is InChI=1S/C16H25N5O4/c1-12(16(24)21-9-7-20(8-10-21)13(2)22)25-15(23)6-4-3-5-14-11-17-19-18-14/h11-12H,3-10H2,1-2H3,(H,17,18,19)/t12-/m1/s1. The molecule has 1 atom stereocenters. The van der Waals surface area contributed by atoms with Crippen molar-refractivity contribution in [1.82, 2.24) is 25.2 Å². The zero-order chi connectivity index (χ0) is 18.2. The van der Waals surface area contributed by atoms with Crippen molar-refractivity contribution < 1.29 is 19.1 Å². The van der Waals surface area contributed by atoms with Gasteiger partial charge in [0, 0.05) is 39.5 Å². The molecule has 0 unspecified atom stereocenters. The Labute approximate surface area is 146 Å². The summed E-state index contributed by atoms with van der Waals surface area (Å²) in [5.74, 6) is -0.570. The molecule has 1 aromatic rings. The van der Waals surface area contributed by atoms with Gasteiger partial charge in [-0.15, -0.1) is 0 Å². The Morgan fingerprint density at radius 2 is 1.88 bits per heavy atom. The Morgan fingerprint density at radius 3 is 2.48 bits per heavy atom. The Bertz CT molecular complexity index is 581. The van der Waals surface area contributed by atoms with E-state index in [4.69, 9.17) is 4.74 Å². The first-order valence-electron chi connectivity index (χ1n) is 8.56. The number of H-pyrrole nitrogens is 1. The number of aromatic nitrogens is 3. The molecule has 9 nitrogen and oxygen atoms in total. The summed E-state index contributed by atoms with van der Waals surface area (Å²) in [6.45, 7) is 5.08. The van der Waals surface area contributed by atoms with Gasteiger partial charge in [0.15, 0.2) is 6.10 Å². The number of carbonyl (C=O) groups excluding carboxylic acids is 3. The largest absolute Gasteiger partial charge is 0.453 e. The molecule has 1 fully saturated rings. The molecule has 2 amide bonds. The molecule has 1 aliphatic rings. The third-order valence-electron chi connectivity index (χ3n) is 4.22. The number of aromatic amines is 1. The van der Waals surface area contributed by atoms with Crippen molar-refractivity contribution >= 4 is 17.8 Å². The van der Waals surface area contributed by atoms with Crippen LogP contribution >= 0.6 is 0 Å². The molecular weight excluding hydrogens is 326 g/mol. The first kappa shape index (κ1) is 18.9. The van der Waals surface area contributed by atoms with E-state index >= 15 is 0 Å². The highest BCUT2D eigenvalue weighted by molar-refractivity contribution is 5.83. The van der Waals surface area contributed by atoms with Crippen LogP contribution in [0.4, 0.5) is 0 Å². The molecule has 0 aliphatic carbocycles. The molecule has 0 bridgehead atoms. The molecule has 1 saturated heterocycles. The topological polar surface area (TPSA) is 108 Å². The lowest BCUT2D eigenvalue weighted by Gasteiger charge is -2.35. The van der Waals surface area contributed by atoms with Crippen LogP contribution in [0.25, 0.3) is 0 Å². The van der Waals surface area contributed by atoms with Crippen molar-refractivity contribution in [2.45, 2.75) is 45.6 Å². The summed E-state index contributed by atoms with van der Waals surface area (Å²) < 4.78 is 5.23. The number of nitrogens with one attached hydrogen (secondary N) is 1. The van der Waals surface area contributed by atoms with Gasteiger partial charge in [-0.3, -0.25) is 14.4 Å². The molecule has 2 rings (SSSR count). The minimum Gasteiger partial charge on any atom is -0.453 e. The molecule has 2 heterocycles. The van der Waals surface area contributed by atoms with E-state index in [0.717, 1.165) is 18.5 Å². The third kappa shape index (κ3) is 5.84. The number of carbonyl (C=O) groups is 3. The van der Waals surface area contributed by atoms with E-state index in [1.165, 1.54) is 6.92 Å². The lowest BCUT2D eigenvalue weighted by Crippen LogP contribution is -2.52. The SMILES string of the molecule is CC(=O)N1CCN(C(=O)[C@@H](C)OC(=O)CCCCc2cn[nH]n2)CC1. The highest BCUT2D eigenvalue weighted by Gasteiger charge is 2.27. The summed E-state index contributed by atoms with van der Waals surface area (Å²) in [6.07, 6.45) is 3.35. The summed E-state index contributed by atoms with van der Waals surface area (Å²) in [7, 11) is 0. The summed E-state index contributed by atoms with van der Waals surface area (Å²) >= 11 is 0. The highest BCUT2D eigenvalue weighted by atomic mass is 16.5. The third-order valence-corrected chi connectivity index (χ3v) is 4.22. The van der Waals surface area contributed by atoms with Crippen LogP contribution < -0.4 is 0 Å². The molecule has 0 radical (unpaired) electrons. The van der Waals surface area contributed by atoms with Gasteiger partial charge in [0.05, 0.1) is 11.9 Å². The van der Waals surface area contributed by atoms with E-state index in [1.807, 2.05) is 0 Å². The number of hydrogen-bond acceptors (Lipinski definition) is 6. The number of amides is 2. The van der Waals surface area contributed by atoms with Crippen LogP contribution in [0.1, 0.15) is 38.8 Å². The van der Waals surface area contributed by atoms with Gasteiger partial charge in [0.1, 0.15) is 0 Å². The Hall–Kier alpha value is -2.45. The quantitative estimate of drug-likeness (QED) is 0.553. The number of rotatable bonds is 7. The fraction of sp³-hybridized carbons (Fsp3) is 0.688. The van der Waals surface area contributed by atoms with Gasteiger partial charge in [-0.1, -0.05) is 0 Å². The second kappa shape index (κ2) is 9.14. The van der Waals surface area contributed by atoms with Crippen LogP contribution in [0.15, 0.2) is 6.20 Å². The number of nitrogens with zero attached hydrogens (tertiary/aromatic N) is 4. The van der Waals surface area contributed by atoms with Crippen LogP contribution in [-0.4, -0.2) is 75.3 Å². The molecule has 1 N–H and O–H groups in total. The molecule has 138 valence electrons. The minimum atomic E-state index is -0.799. The average molecular weight is 351 g/mol. The first-order valence-corrected chi connectivity index (χ1v) is 8.56.